The van der Waals surface area contributed by atoms with E-state index < -0.39 is 57.2 Å². The van der Waals surface area contributed by atoms with Crippen LogP contribution in [0.4, 0.5) is 0 Å². The maximum atomic E-state index is 14.5. The van der Waals surface area contributed by atoms with Crippen LogP contribution in [-0.2, 0) is 33.4 Å². The highest BCUT2D eigenvalue weighted by molar-refractivity contribution is 6.55. The van der Waals surface area contributed by atoms with E-state index >= 15 is 0 Å². The number of rotatable bonds is 25. The van der Waals surface area contributed by atoms with Crippen molar-refractivity contribution in [3.8, 4) is 0 Å². The summed E-state index contributed by atoms with van der Waals surface area (Å²) in [5, 5.41) is 16.9. The molecule has 14 heteroatoms. The van der Waals surface area contributed by atoms with Gasteiger partial charge in [-0.15, -0.1) is 0 Å². The van der Waals surface area contributed by atoms with E-state index in [4.69, 9.17) is 9.47 Å². The summed E-state index contributed by atoms with van der Waals surface area (Å²) in [6.45, 7) is 20.3. The summed E-state index contributed by atoms with van der Waals surface area (Å²) in [5.41, 5.74) is 0.703. The molecule has 13 nitrogen and oxygen atoms in total. The SMILES string of the molecule is CC[C@@H](C)[C@H]([C@H](CC(=O)N1CCC[C@@H]1[C@@H](OC)[C@H](C)C(=O)N[C@@H](C)[C@H](O)c1ccccc1)OC)N(C)C(=O)[C@H](NC(=O)[C@@H](C(C)C)N(C)C(=O)CCCC[SiH](C)C)C(C)C. The van der Waals surface area contributed by atoms with Gasteiger partial charge in [0.2, 0.25) is 29.5 Å². The first-order chi connectivity index (χ1) is 28.2. The highest BCUT2D eigenvalue weighted by Crippen LogP contribution is 2.30. The third kappa shape index (κ3) is 14.7. The van der Waals surface area contributed by atoms with Gasteiger partial charge in [0, 0.05) is 50.1 Å². The second-order valence-corrected chi connectivity index (χ2v) is 21.7. The third-order valence-corrected chi connectivity index (χ3v) is 14.2. The van der Waals surface area contributed by atoms with Gasteiger partial charge in [0.1, 0.15) is 12.1 Å². The summed E-state index contributed by atoms with van der Waals surface area (Å²) in [6, 6.07) is 7.31. The van der Waals surface area contributed by atoms with E-state index in [-0.39, 0.29) is 59.8 Å². The van der Waals surface area contributed by atoms with E-state index in [1.807, 2.05) is 71.9 Å². The predicted octanol–water partition coefficient (Wildman–Crippen LogP) is 5.43. The fraction of sp³-hybridized carbons (Fsp3) is 0.761. The first-order valence-electron chi connectivity index (χ1n) is 22.4. The zero-order valence-corrected chi connectivity index (χ0v) is 40.6. The zero-order chi connectivity index (χ0) is 45.4. The largest absolute Gasteiger partial charge is 0.386 e. The normalized spacial score (nSPS) is 18.9. The maximum Gasteiger partial charge on any atom is 0.245 e. The molecule has 0 bridgehead atoms. The molecule has 60 heavy (non-hydrogen) atoms. The topological polar surface area (TPSA) is 158 Å². The van der Waals surface area contributed by atoms with Crippen molar-refractivity contribution in [1.82, 2.24) is 25.3 Å². The number of carbonyl (C=O) groups excluding carboxylic acids is 5. The van der Waals surface area contributed by atoms with Crippen LogP contribution in [0.1, 0.15) is 112 Å². The van der Waals surface area contributed by atoms with Crippen LogP contribution in [0, 0.1) is 23.7 Å². The Labute approximate surface area is 363 Å². The van der Waals surface area contributed by atoms with E-state index in [1.165, 1.54) is 10.9 Å². The fourth-order valence-electron chi connectivity index (χ4n) is 8.74. The van der Waals surface area contributed by atoms with Crippen molar-refractivity contribution in [3.63, 3.8) is 0 Å². The quantitative estimate of drug-likeness (QED) is 0.0869. The molecule has 1 saturated heterocycles. The van der Waals surface area contributed by atoms with Crippen LogP contribution in [-0.4, -0.2) is 135 Å². The van der Waals surface area contributed by atoms with Crippen molar-refractivity contribution >= 4 is 38.3 Å². The number of hydrogen-bond acceptors (Lipinski definition) is 8. The summed E-state index contributed by atoms with van der Waals surface area (Å²) in [4.78, 5) is 74.5. The van der Waals surface area contributed by atoms with Gasteiger partial charge in [0.15, 0.2) is 0 Å². The molecule has 5 amide bonds. The number of hydrogen-bond donors (Lipinski definition) is 3. The minimum Gasteiger partial charge on any atom is -0.386 e. The van der Waals surface area contributed by atoms with Crippen LogP contribution in [0.2, 0.25) is 19.1 Å². The monoisotopic (exact) mass is 860 g/mol. The molecular formula is C46H81N5O8Si. The van der Waals surface area contributed by atoms with Gasteiger partial charge in [-0.3, -0.25) is 24.0 Å². The van der Waals surface area contributed by atoms with Gasteiger partial charge in [0.25, 0.3) is 0 Å². The maximum absolute atomic E-state index is 14.5. The molecule has 10 atom stereocenters. The number of likely N-dealkylation sites (N-methyl/N-ethyl adjacent to an activating group) is 2. The van der Waals surface area contributed by atoms with Crippen LogP contribution in [0.15, 0.2) is 30.3 Å². The van der Waals surface area contributed by atoms with Crippen molar-refractivity contribution in [1.29, 1.82) is 0 Å². The molecule has 1 aliphatic rings. The van der Waals surface area contributed by atoms with Crippen LogP contribution < -0.4 is 10.6 Å². The molecule has 0 aliphatic carbocycles. The summed E-state index contributed by atoms with van der Waals surface area (Å²) in [7, 11) is 5.79. The van der Waals surface area contributed by atoms with Gasteiger partial charge in [0.05, 0.1) is 48.8 Å². The molecule has 1 heterocycles. The molecule has 1 aliphatic heterocycles. The Morgan fingerprint density at radius 1 is 0.883 bits per heavy atom. The first kappa shape index (κ1) is 52.8. The lowest BCUT2D eigenvalue weighted by atomic mass is 9.89. The number of aliphatic hydroxyl groups excluding tert-OH is 1. The van der Waals surface area contributed by atoms with E-state index in [9.17, 15) is 29.1 Å². The van der Waals surface area contributed by atoms with Crippen LogP contribution in [0.5, 0.6) is 0 Å². The Balaban J connectivity index is 2.25. The van der Waals surface area contributed by atoms with E-state index in [1.54, 1.807) is 52.0 Å². The minimum absolute atomic E-state index is 0.00265. The number of ether oxygens (including phenoxy) is 2. The highest BCUT2D eigenvalue weighted by atomic mass is 28.3. The molecular weight excluding hydrogens is 779 g/mol. The van der Waals surface area contributed by atoms with Crippen LogP contribution in [0.25, 0.3) is 0 Å². The smallest absolute Gasteiger partial charge is 0.245 e. The average molecular weight is 860 g/mol. The molecule has 1 aromatic carbocycles. The van der Waals surface area contributed by atoms with E-state index in [2.05, 4.69) is 23.7 Å². The number of nitrogens with zero attached hydrogens (tertiary/aromatic N) is 3. The first-order valence-corrected chi connectivity index (χ1v) is 25.6. The minimum atomic E-state index is -0.890. The molecule has 0 saturated carbocycles. The molecule has 342 valence electrons. The van der Waals surface area contributed by atoms with Crippen molar-refractivity contribution in [2.75, 3.05) is 34.9 Å². The van der Waals surface area contributed by atoms with E-state index in [0.29, 0.717) is 31.4 Å². The van der Waals surface area contributed by atoms with Crippen LogP contribution in [0.3, 0.4) is 0 Å². The Morgan fingerprint density at radius 3 is 2.05 bits per heavy atom. The zero-order valence-electron chi connectivity index (χ0n) is 39.4. The lowest BCUT2D eigenvalue weighted by Gasteiger charge is -2.41. The molecule has 0 radical (unpaired) electrons. The number of carbonyl (C=O) groups is 5. The standard InChI is InChI=1S/C46H81N5O8Si/c1-15-31(6)41(50(10)46(57)39(29(2)3)48-45(56)40(30(4)5)49(9)37(52)25-19-20-27-60(13)14)36(58-11)28-38(53)51-26-21-24-35(51)43(59-12)32(7)44(55)47-33(8)42(54)34-22-17-16-18-23-34/h16-18,22-23,29-33,35-36,39-43,54,60H,15,19-21,24-28H2,1-14H3,(H,47,55)(H,48,56)/t31-,32+,33+,35-,36+,39-,40-,41-,42+,43+/m1/s1. The second kappa shape index (κ2) is 25.6. The Kier molecular flexibility index (Phi) is 22.5. The lowest BCUT2D eigenvalue weighted by Crippen LogP contribution is -2.60. The molecule has 3 N–H and O–H groups in total. The van der Waals surface area contributed by atoms with Gasteiger partial charge < -0.3 is 39.9 Å². The van der Waals surface area contributed by atoms with E-state index in [0.717, 1.165) is 19.3 Å². The Hall–Kier alpha value is -3.33. The second-order valence-electron chi connectivity index (χ2n) is 18.3. The average Bonchev–Trinajstić information content (AvgIpc) is 3.70. The highest BCUT2D eigenvalue weighted by Gasteiger charge is 2.43. The molecule has 1 aromatic rings. The number of methoxy groups -OCH3 is 2. The number of benzene rings is 1. The Morgan fingerprint density at radius 2 is 1.52 bits per heavy atom. The third-order valence-electron chi connectivity index (χ3n) is 12.6. The summed E-state index contributed by atoms with van der Waals surface area (Å²) in [5.74, 6) is -2.31. The van der Waals surface area contributed by atoms with Gasteiger partial charge in [-0.25, -0.2) is 0 Å². The van der Waals surface area contributed by atoms with Gasteiger partial charge >= 0.3 is 0 Å². The van der Waals surface area contributed by atoms with Gasteiger partial charge in [-0.05, 0) is 49.5 Å². The molecule has 1 fully saturated rings. The lowest BCUT2D eigenvalue weighted by molar-refractivity contribution is -0.148. The van der Waals surface area contributed by atoms with Crippen molar-refractivity contribution < 1.29 is 38.6 Å². The molecule has 0 aromatic heterocycles. The summed E-state index contributed by atoms with van der Waals surface area (Å²) < 4.78 is 12.0. The van der Waals surface area contributed by atoms with Crippen molar-refractivity contribution in [2.24, 2.45) is 23.7 Å². The predicted molar refractivity (Wildman–Crippen MR) is 241 cm³/mol. The number of likely N-dealkylation sites (tertiary alicyclic amines) is 1. The Bertz CT molecular complexity index is 1500. The van der Waals surface area contributed by atoms with Crippen molar-refractivity contribution in [3.05, 3.63) is 35.9 Å². The number of amides is 5. The van der Waals surface area contributed by atoms with Crippen molar-refractivity contribution in [2.45, 2.75) is 168 Å². The fourth-order valence-corrected chi connectivity index (χ4v) is 9.84. The summed E-state index contributed by atoms with van der Waals surface area (Å²) in [6.07, 6.45) is 2.13. The number of unbranched alkanes of at least 4 members (excludes halogenated alkanes) is 1. The number of nitrogens with one attached hydrogen (secondary N) is 2. The molecule has 0 spiro atoms. The molecule has 0 unspecified atom stereocenters. The summed E-state index contributed by atoms with van der Waals surface area (Å²) >= 11 is 0. The molecule has 2 rings (SSSR count). The van der Waals surface area contributed by atoms with Crippen LogP contribution >= 0.6 is 0 Å². The van der Waals surface area contributed by atoms with Gasteiger partial charge in [-0.1, -0.05) is 111 Å². The number of aliphatic hydroxyl groups is 1. The van der Waals surface area contributed by atoms with Gasteiger partial charge in [-0.2, -0.15) is 0 Å².